The van der Waals surface area contributed by atoms with Crippen LogP contribution in [-0.2, 0) is 5.41 Å². The number of hydrogen-bond acceptors (Lipinski definition) is 3. The minimum absolute atomic E-state index is 0.252. The Labute approximate surface area is 336 Å². The highest BCUT2D eigenvalue weighted by Gasteiger charge is 2.39. The van der Waals surface area contributed by atoms with Gasteiger partial charge in [-0.25, -0.2) is 0 Å². The smallest absolute Gasteiger partial charge is 0.0564 e. The number of allylic oxidation sites excluding steroid dienone is 4. The summed E-state index contributed by atoms with van der Waals surface area (Å²) in [5, 5.41) is 2.25. The number of hydrogen-bond donors (Lipinski definition) is 0. The molecule has 0 amide bonds. The predicted molar refractivity (Wildman–Crippen MR) is 243 cm³/mol. The van der Waals surface area contributed by atoms with Crippen LogP contribution in [0.2, 0.25) is 0 Å². The fourth-order valence-electron chi connectivity index (χ4n) is 8.56. The summed E-state index contributed by atoms with van der Waals surface area (Å²) in [6, 6.07) is 61.9. The summed E-state index contributed by atoms with van der Waals surface area (Å²) in [5.41, 5.74) is 16.2. The molecule has 1 heterocycles. The normalized spacial score (nSPS) is 13.1. The third kappa shape index (κ3) is 6.51. The maximum Gasteiger partial charge on any atom is 0.0564 e. The fraction of sp³-hybridized carbons (Fsp3) is 0.0926. The Kier molecular flexibility index (Phi) is 9.36. The van der Waals surface area contributed by atoms with E-state index in [2.05, 4.69) is 231 Å². The number of benzene rings is 7. The molecule has 1 aromatic heterocycles. The van der Waals surface area contributed by atoms with Gasteiger partial charge in [0, 0.05) is 57.2 Å². The van der Waals surface area contributed by atoms with Crippen LogP contribution in [-0.4, -0.2) is 4.98 Å². The van der Waals surface area contributed by atoms with E-state index in [0.717, 1.165) is 44.9 Å². The standard InChI is InChI=1S/C54H45N3/c1-5-17-38(6-2)40-20-15-25-46(32-40)57(47-29-28-43-37-55-31-30-42(43)34-47)52-36-48(35-51-53(52)49-26-13-14-27-50(49)54(51,3)4)56(44-22-11-8-12-23-44)45-24-16-21-41(33-45)39-18-9-7-10-19-39/h5-37H,1-4H3/b17-5-,38-6+. The van der Waals surface area contributed by atoms with Crippen LogP contribution < -0.4 is 9.80 Å². The molecule has 0 atom stereocenters. The van der Waals surface area contributed by atoms with E-state index in [1.807, 2.05) is 12.4 Å². The van der Waals surface area contributed by atoms with E-state index in [9.17, 15) is 0 Å². The van der Waals surface area contributed by atoms with Crippen molar-refractivity contribution in [2.75, 3.05) is 9.80 Å². The van der Waals surface area contributed by atoms with Gasteiger partial charge in [0.2, 0.25) is 0 Å². The third-order valence-corrected chi connectivity index (χ3v) is 11.3. The van der Waals surface area contributed by atoms with Crippen LogP contribution in [0.25, 0.3) is 38.6 Å². The lowest BCUT2D eigenvalue weighted by atomic mass is 9.82. The van der Waals surface area contributed by atoms with Crippen molar-refractivity contribution >= 4 is 50.5 Å². The largest absolute Gasteiger partial charge is 0.310 e. The lowest BCUT2D eigenvalue weighted by Crippen LogP contribution is -2.18. The minimum Gasteiger partial charge on any atom is -0.310 e. The number of para-hydroxylation sites is 1. The second-order valence-electron chi connectivity index (χ2n) is 15.2. The molecule has 1 aliphatic rings. The molecule has 0 bridgehead atoms. The van der Waals surface area contributed by atoms with E-state index in [-0.39, 0.29) is 5.41 Å². The predicted octanol–water partition coefficient (Wildman–Crippen LogP) is 15.1. The first-order valence-corrected chi connectivity index (χ1v) is 19.8. The summed E-state index contributed by atoms with van der Waals surface area (Å²) in [4.78, 5) is 9.32. The average molecular weight is 736 g/mol. The molecule has 0 saturated carbocycles. The number of pyridine rings is 1. The monoisotopic (exact) mass is 735 g/mol. The quantitative estimate of drug-likeness (QED) is 0.138. The van der Waals surface area contributed by atoms with Crippen LogP contribution in [0.1, 0.15) is 44.4 Å². The van der Waals surface area contributed by atoms with E-state index in [1.54, 1.807) is 0 Å². The second-order valence-corrected chi connectivity index (χ2v) is 15.2. The Balaban J connectivity index is 1.36. The van der Waals surface area contributed by atoms with Crippen molar-refractivity contribution < 1.29 is 0 Å². The molecule has 0 radical (unpaired) electrons. The number of anilines is 6. The van der Waals surface area contributed by atoms with Crippen LogP contribution >= 0.6 is 0 Å². The van der Waals surface area contributed by atoms with Gasteiger partial charge in [0.1, 0.15) is 0 Å². The zero-order valence-corrected chi connectivity index (χ0v) is 32.9. The van der Waals surface area contributed by atoms with Gasteiger partial charge in [-0.05, 0) is 125 Å². The molecule has 0 N–H and O–H groups in total. The van der Waals surface area contributed by atoms with Crippen LogP contribution in [0.5, 0.6) is 0 Å². The lowest BCUT2D eigenvalue weighted by molar-refractivity contribution is 0.660. The molecule has 8 aromatic rings. The van der Waals surface area contributed by atoms with Crippen LogP contribution in [0, 0.1) is 0 Å². The molecule has 0 saturated heterocycles. The first-order valence-electron chi connectivity index (χ1n) is 19.8. The molecular formula is C54H45N3. The van der Waals surface area contributed by atoms with Gasteiger partial charge in [-0.2, -0.15) is 0 Å². The van der Waals surface area contributed by atoms with Crippen molar-refractivity contribution in [1.82, 2.24) is 4.98 Å². The van der Waals surface area contributed by atoms with Gasteiger partial charge >= 0.3 is 0 Å². The minimum atomic E-state index is -0.252. The Morgan fingerprint density at radius 1 is 0.526 bits per heavy atom. The van der Waals surface area contributed by atoms with Gasteiger partial charge in [0.15, 0.2) is 0 Å². The maximum atomic E-state index is 4.43. The summed E-state index contributed by atoms with van der Waals surface area (Å²) < 4.78 is 0. The lowest BCUT2D eigenvalue weighted by Gasteiger charge is -2.33. The molecule has 0 spiro atoms. The number of nitrogens with zero attached hydrogens (tertiary/aromatic N) is 3. The highest BCUT2D eigenvalue weighted by Crippen LogP contribution is 2.56. The Hall–Kier alpha value is -6.97. The van der Waals surface area contributed by atoms with E-state index >= 15 is 0 Å². The Morgan fingerprint density at radius 3 is 2.00 bits per heavy atom. The van der Waals surface area contributed by atoms with E-state index in [0.29, 0.717) is 0 Å². The SMILES string of the molecule is C/C=C\C(=C/C)c1cccc(N(c2ccc3cnccc3c2)c2cc(N(c3ccccc3)c3cccc(-c4ccccc4)c3)cc3c2-c2ccccc2C3(C)C)c1. The highest BCUT2D eigenvalue weighted by atomic mass is 15.2. The van der Waals surface area contributed by atoms with Gasteiger partial charge < -0.3 is 9.80 Å². The molecule has 0 aliphatic heterocycles. The second kappa shape index (κ2) is 14.9. The van der Waals surface area contributed by atoms with Crippen molar-refractivity contribution in [3.05, 3.63) is 217 Å². The van der Waals surface area contributed by atoms with Gasteiger partial charge in [0.05, 0.1) is 5.69 Å². The zero-order chi connectivity index (χ0) is 38.9. The van der Waals surface area contributed by atoms with Gasteiger partial charge in [-0.15, -0.1) is 0 Å². The molecule has 276 valence electrons. The van der Waals surface area contributed by atoms with Gasteiger partial charge in [-0.1, -0.05) is 135 Å². The Bertz CT molecular complexity index is 2800. The van der Waals surface area contributed by atoms with Gasteiger partial charge in [-0.3, -0.25) is 4.98 Å². The summed E-state index contributed by atoms with van der Waals surface area (Å²) in [5.74, 6) is 0. The van der Waals surface area contributed by atoms with Crippen molar-refractivity contribution in [3.8, 4) is 22.3 Å². The van der Waals surface area contributed by atoms with Crippen molar-refractivity contribution in [3.63, 3.8) is 0 Å². The van der Waals surface area contributed by atoms with E-state index in [4.69, 9.17) is 0 Å². The Morgan fingerprint density at radius 2 is 1.21 bits per heavy atom. The van der Waals surface area contributed by atoms with Crippen molar-refractivity contribution in [2.45, 2.75) is 33.1 Å². The molecule has 0 fully saturated rings. The highest BCUT2D eigenvalue weighted by molar-refractivity contribution is 6.00. The van der Waals surface area contributed by atoms with Crippen molar-refractivity contribution in [2.24, 2.45) is 0 Å². The molecule has 3 nitrogen and oxygen atoms in total. The molecule has 7 aromatic carbocycles. The summed E-state index contributed by atoms with van der Waals surface area (Å²) in [7, 11) is 0. The summed E-state index contributed by atoms with van der Waals surface area (Å²) in [6.07, 6.45) is 10.3. The molecule has 1 aliphatic carbocycles. The summed E-state index contributed by atoms with van der Waals surface area (Å²) >= 11 is 0. The molecule has 9 rings (SSSR count). The number of aromatic nitrogens is 1. The number of rotatable bonds is 9. The molecule has 57 heavy (non-hydrogen) atoms. The zero-order valence-electron chi connectivity index (χ0n) is 32.9. The van der Waals surface area contributed by atoms with Crippen LogP contribution in [0.4, 0.5) is 34.1 Å². The first-order chi connectivity index (χ1) is 27.9. The topological polar surface area (TPSA) is 19.4 Å². The van der Waals surface area contributed by atoms with E-state index < -0.39 is 0 Å². The summed E-state index contributed by atoms with van der Waals surface area (Å²) in [6.45, 7) is 8.93. The average Bonchev–Trinajstić information content (AvgIpc) is 3.49. The molecule has 0 unspecified atom stereocenters. The van der Waals surface area contributed by atoms with Gasteiger partial charge in [0.25, 0.3) is 0 Å². The third-order valence-electron chi connectivity index (χ3n) is 11.3. The van der Waals surface area contributed by atoms with Crippen molar-refractivity contribution in [1.29, 1.82) is 0 Å². The van der Waals surface area contributed by atoms with Crippen LogP contribution in [0.15, 0.2) is 200 Å². The molecular weight excluding hydrogens is 691 g/mol. The fourth-order valence-corrected chi connectivity index (χ4v) is 8.56. The number of fused-ring (bicyclic) bond motifs is 4. The first kappa shape index (κ1) is 35.7. The maximum absolute atomic E-state index is 4.43. The molecule has 3 heteroatoms. The van der Waals surface area contributed by atoms with Crippen LogP contribution in [0.3, 0.4) is 0 Å². The van der Waals surface area contributed by atoms with E-state index in [1.165, 1.54) is 44.5 Å².